The molecule has 0 amide bonds. The van der Waals surface area contributed by atoms with Crippen LogP contribution in [0.5, 0.6) is 0 Å². The number of nitrogens with two attached hydrogens (primary N) is 1. The molecular formula is C12H14ClN3. The van der Waals surface area contributed by atoms with E-state index in [9.17, 15) is 0 Å². The lowest BCUT2D eigenvalue weighted by atomic mass is 10.1. The first-order valence-corrected chi connectivity index (χ1v) is 5.53. The zero-order valence-corrected chi connectivity index (χ0v) is 10.0. The Kier molecular flexibility index (Phi) is 2.99. The summed E-state index contributed by atoms with van der Waals surface area (Å²) in [4.78, 5) is 4.49. The van der Waals surface area contributed by atoms with Crippen molar-refractivity contribution in [1.82, 2.24) is 4.98 Å². The molecule has 1 atom stereocenters. The molecule has 0 aliphatic heterocycles. The minimum Gasteiger partial charge on any atom is -0.373 e. The quantitative estimate of drug-likeness (QED) is 0.842. The molecule has 0 radical (unpaired) electrons. The number of aromatic nitrogens is 1. The third kappa shape index (κ3) is 1.84. The highest BCUT2D eigenvalue weighted by molar-refractivity contribution is 6.35. The van der Waals surface area contributed by atoms with E-state index in [1.165, 1.54) is 0 Å². The lowest BCUT2D eigenvalue weighted by Crippen LogP contribution is -2.09. The van der Waals surface area contributed by atoms with Crippen LogP contribution >= 0.6 is 11.6 Å². The van der Waals surface area contributed by atoms with Crippen molar-refractivity contribution in [1.29, 1.82) is 0 Å². The van der Waals surface area contributed by atoms with Gasteiger partial charge in [-0.05, 0) is 19.1 Å². The summed E-state index contributed by atoms with van der Waals surface area (Å²) in [5.41, 5.74) is 7.71. The van der Waals surface area contributed by atoms with E-state index in [1.807, 2.05) is 38.2 Å². The number of para-hydroxylation sites is 1. The van der Waals surface area contributed by atoms with Crippen LogP contribution in [-0.2, 0) is 0 Å². The third-order valence-electron chi connectivity index (χ3n) is 2.55. The molecule has 0 saturated carbocycles. The Morgan fingerprint density at radius 3 is 2.81 bits per heavy atom. The van der Waals surface area contributed by atoms with Crippen LogP contribution in [0.2, 0.25) is 5.02 Å². The SMILES string of the molecule is CNc1nc2c(Cl)cccc2cc1[C@H](C)N. The fourth-order valence-electron chi connectivity index (χ4n) is 1.73. The van der Waals surface area contributed by atoms with Crippen molar-refractivity contribution >= 4 is 28.3 Å². The molecule has 0 saturated heterocycles. The molecule has 0 aliphatic rings. The number of hydrogen-bond donors (Lipinski definition) is 2. The largest absolute Gasteiger partial charge is 0.373 e. The van der Waals surface area contributed by atoms with E-state index in [1.54, 1.807) is 0 Å². The molecular weight excluding hydrogens is 222 g/mol. The lowest BCUT2D eigenvalue weighted by Gasteiger charge is -2.13. The van der Waals surface area contributed by atoms with E-state index in [0.717, 1.165) is 22.3 Å². The second-order valence-corrected chi connectivity index (χ2v) is 4.18. The lowest BCUT2D eigenvalue weighted by molar-refractivity contribution is 0.817. The molecule has 16 heavy (non-hydrogen) atoms. The number of nitrogens with zero attached hydrogens (tertiary/aromatic N) is 1. The molecule has 0 unspecified atom stereocenters. The van der Waals surface area contributed by atoms with Crippen molar-refractivity contribution in [3.05, 3.63) is 34.9 Å². The first-order chi connectivity index (χ1) is 7.63. The van der Waals surface area contributed by atoms with Gasteiger partial charge in [0.25, 0.3) is 0 Å². The van der Waals surface area contributed by atoms with Gasteiger partial charge in [0.15, 0.2) is 0 Å². The van der Waals surface area contributed by atoms with Crippen LogP contribution in [0, 0.1) is 0 Å². The predicted octanol–water partition coefficient (Wildman–Crippen LogP) is 2.95. The van der Waals surface area contributed by atoms with E-state index < -0.39 is 0 Å². The second-order valence-electron chi connectivity index (χ2n) is 3.78. The highest BCUT2D eigenvalue weighted by Gasteiger charge is 2.10. The van der Waals surface area contributed by atoms with Crippen LogP contribution in [0.1, 0.15) is 18.5 Å². The van der Waals surface area contributed by atoms with Gasteiger partial charge in [-0.25, -0.2) is 4.98 Å². The Morgan fingerprint density at radius 2 is 2.19 bits per heavy atom. The Balaban J connectivity index is 2.75. The van der Waals surface area contributed by atoms with E-state index in [2.05, 4.69) is 10.3 Å². The number of fused-ring (bicyclic) bond motifs is 1. The Morgan fingerprint density at radius 1 is 1.44 bits per heavy atom. The minimum absolute atomic E-state index is 0.0571. The number of pyridine rings is 1. The molecule has 0 fully saturated rings. The van der Waals surface area contributed by atoms with Crippen LogP contribution < -0.4 is 11.1 Å². The fourth-order valence-corrected chi connectivity index (χ4v) is 1.95. The first-order valence-electron chi connectivity index (χ1n) is 5.16. The molecule has 2 aromatic rings. The van der Waals surface area contributed by atoms with Crippen LogP contribution in [-0.4, -0.2) is 12.0 Å². The van der Waals surface area contributed by atoms with Crippen molar-refractivity contribution in [3.8, 4) is 0 Å². The van der Waals surface area contributed by atoms with Crippen LogP contribution in [0.25, 0.3) is 10.9 Å². The molecule has 1 aromatic carbocycles. The zero-order chi connectivity index (χ0) is 11.7. The average Bonchev–Trinajstić information content (AvgIpc) is 2.28. The van der Waals surface area contributed by atoms with Gasteiger partial charge in [-0.1, -0.05) is 23.7 Å². The minimum atomic E-state index is -0.0571. The van der Waals surface area contributed by atoms with Crippen molar-refractivity contribution in [2.45, 2.75) is 13.0 Å². The smallest absolute Gasteiger partial charge is 0.131 e. The summed E-state index contributed by atoms with van der Waals surface area (Å²) in [5, 5.41) is 4.72. The van der Waals surface area contributed by atoms with Crippen molar-refractivity contribution in [2.24, 2.45) is 5.73 Å². The number of halogens is 1. The van der Waals surface area contributed by atoms with E-state index >= 15 is 0 Å². The van der Waals surface area contributed by atoms with Crippen molar-refractivity contribution < 1.29 is 0 Å². The van der Waals surface area contributed by atoms with Crippen molar-refractivity contribution in [2.75, 3.05) is 12.4 Å². The molecule has 0 bridgehead atoms. The zero-order valence-electron chi connectivity index (χ0n) is 9.29. The Bertz CT molecular complexity index is 523. The van der Waals surface area contributed by atoms with E-state index in [4.69, 9.17) is 17.3 Å². The summed E-state index contributed by atoms with van der Waals surface area (Å²) in [6.07, 6.45) is 0. The Hall–Kier alpha value is -1.32. The first kappa shape index (κ1) is 11.2. The maximum absolute atomic E-state index is 6.10. The second kappa shape index (κ2) is 4.28. The fraction of sp³-hybridized carbons (Fsp3) is 0.250. The monoisotopic (exact) mass is 235 g/mol. The van der Waals surface area contributed by atoms with Crippen LogP contribution in [0.3, 0.4) is 0 Å². The molecule has 3 nitrogen and oxygen atoms in total. The number of rotatable bonds is 2. The maximum Gasteiger partial charge on any atom is 0.131 e. The summed E-state index contributed by atoms with van der Waals surface area (Å²) in [7, 11) is 1.83. The summed E-state index contributed by atoms with van der Waals surface area (Å²) in [6.45, 7) is 1.94. The summed E-state index contributed by atoms with van der Waals surface area (Å²) >= 11 is 6.10. The van der Waals surface area contributed by atoms with Gasteiger partial charge in [0.1, 0.15) is 5.82 Å². The van der Waals surface area contributed by atoms with E-state index in [-0.39, 0.29) is 6.04 Å². The number of nitrogens with one attached hydrogen (secondary N) is 1. The van der Waals surface area contributed by atoms with Crippen LogP contribution in [0.15, 0.2) is 24.3 Å². The van der Waals surface area contributed by atoms with Gasteiger partial charge in [0, 0.05) is 24.0 Å². The molecule has 4 heteroatoms. The molecule has 84 valence electrons. The van der Waals surface area contributed by atoms with Gasteiger partial charge in [0.2, 0.25) is 0 Å². The molecule has 0 aliphatic carbocycles. The van der Waals surface area contributed by atoms with Gasteiger partial charge in [-0.3, -0.25) is 0 Å². The highest BCUT2D eigenvalue weighted by atomic mass is 35.5. The standard InChI is InChI=1S/C12H14ClN3/c1-7(14)9-6-8-4-3-5-10(13)11(8)16-12(9)15-2/h3-7H,14H2,1-2H3,(H,15,16)/t7-/m0/s1. The van der Waals surface area contributed by atoms with Crippen LogP contribution in [0.4, 0.5) is 5.82 Å². The normalized spacial score (nSPS) is 12.8. The summed E-state index contributed by atoms with van der Waals surface area (Å²) < 4.78 is 0. The molecule has 1 heterocycles. The molecule has 3 N–H and O–H groups in total. The van der Waals surface area contributed by atoms with Crippen molar-refractivity contribution in [3.63, 3.8) is 0 Å². The van der Waals surface area contributed by atoms with Gasteiger partial charge < -0.3 is 11.1 Å². The topological polar surface area (TPSA) is 50.9 Å². The van der Waals surface area contributed by atoms with Gasteiger partial charge in [0.05, 0.1) is 10.5 Å². The van der Waals surface area contributed by atoms with Gasteiger partial charge >= 0.3 is 0 Å². The number of anilines is 1. The van der Waals surface area contributed by atoms with Gasteiger partial charge in [-0.2, -0.15) is 0 Å². The number of hydrogen-bond acceptors (Lipinski definition) is 3. The number of benzene rings is 1. The Labute approximate surface area is 99.6 Å². The molecule has 1 aromatic heterocycles. The van der Waals surface area contributed by atoms with E-state index in [0.29, 0.717) is 5.02 Å². The highest BCUT2D eigenvalue weighted by Crippen LogP contribution is 2.28. The molecule has 0 spiro atoms. The van der Waals surface area contributed by atoms with Gasteiger partial charge in [-0.15, -0.1) is 0 Å². The summed E-state index contributed by atoms with van der Waals surface area (Å²) in [6, 6.07) is 7.71. The average molecular weight is 236 g/mol. The summed E-state index contributed by atoms with van der Waals surface area (Å²) in [5.74, 6) is 0.788. The molecule has 2 rings (SSSR count). The predicted molar refractivity (Wildman–Crippen MR) is 68.9 cm³/mol. The maximum atomic E-state index is 6.10. The third-order valence-corrected chi connectivity index (χ3v) is 2.86.